The third-order valence-electron chi connectivity index (χ3n) is 6.00. The van der Waals surface area contributed by atoms with Crippen LogP contribution in [0, 0.1) is 6.92 Å². The number of nitrogens with zero attached hydrogens (tertiary/aromatic N) is 3. The van der Waals surface area contributed by atoms with E-state index in [0.29, 0.717) is 31.3 Å². The third-order valence-corrected chi connectivity index (χ3v) is 6.00. The molecule has 2 aliphatic rings. The van der Waals surface area contributed by atoms with Crippen LogP contribution in [0.4, 0.5) is 0 Å². The average Bonchev–Trinajstić information content (AvgIpc) is 3.22. The average molecular weight is 391 g/mol. The Bertz CT molecular complexity index is 1110. The molecule has 1 fully saturated rings. The molecule has 0 radical (unpaired) electrons. The Morgan fingerprint density at radius 3 is 2.90 bits per heavy atom. The van der Waals surface area contributed by atoms with Crippen molar-refractivity contribution in [2.24, 2.45) is 0 Å². The van der Waals surface area contributed by atoms with Crippen molar-refractivity contribution >= 4 is 5.65 Å². The highest BCUT2D eigenvalue weighted by molar-refractivity contribution is 5.45. The molecular weight excluding hydrogens is 366 g/mol. The second-order valence-corrected chi connectivity index (χ2v) is 7.76. The number of aromatic nitrogens is 2. The van der Waals surface area contributed by atoms with Crippen molar-refractivity contribution in [3.8, 4) is 11.5 Å². The summed E-state index contributed by atoms with van der Waals surface area (Å²) in [5.41, 5.74) is 3.65. The first-order valence-corrected chi connectivity index (χ1v) is 10.3. The zero-order valence-electron chi connectivity index (χ0n) is 16.6. The number of hydrogen-bond acceptors (Lipinski definition) is 5. The molecule has 0 spiro atoms. The van der Waals surface area contributed by atoms with Crippen molar-refractivity contribution < 1.29 is 9.47 Å². The van der Waals surface area contributed by atoms with E-state index < -0.39 is 0 Å². The van der Waals surface area contributed by atoms with Gasteiger partial charge in [-0.15, -0.1) is 0 Å². The van der Waals surface area contributed by atoms with E-state index in [0.717, 1.165) is 48.7 Å². The summed E-state index contributed by atoms with van der Waals surface area (Å²) in [6.45, 7) is 5.03. The van der Waals surface area contributed by atoms with Crippen molar-refractivity contribution in [1.82, 2.24) is 14.3 Å². The molecule has 3 aromatic rings. The highest BCUT2D eigenvalue weighted by Gasteiger charge is 2.27. The Balaban J connectivity index is 1.37. The van der Waals surface area contributed by atoms with Gasteiger partial charge in [-0.1, -0.05) is 12.1 Å². The van der Waals surface area contributed by atoms with Crippen molar-refractivity contribution in [3.63, 3.8) is 0 Å². The lowest BCUT2D eigenvalue weighted by Crippen LogP contribution is -2.29. The maximum absolute atomic E-state index is 12.9. The highest BCUT2D eigenvalue weighted by Crippen LogP contribution is 2.38. The van der Waals surface area contributed by atoms with Gasteiger partial charge in [-0.3, -0.25) is 14.1 Å². The van der Waals surface area contributed by atoms with Gasteiger partial charge in [-0.2, -0.15) is 0 Å². The van der Waals surface area contributed by atoms with Crippen LogP contribution < -0.4 is 15.0 Å². The molecule has 1 aromatic carbocycles. The molecule has 6 heteroatoms. The lowest BCUT2D eigenvalue weighted by Gasteiger charge is -2.26. The number of likely N-dealkylation sites (tertiary alicyclic amines) is 1. The molecular formula is C23H25N3O3. The van der Waals surface area contributed by atoms with Gasteiger partial charge in [0, 0.05) is 30.0 Å². The van der Waals surface area contributed by atoms with Crippen molar-refractivity contribution in [2.75, 3.05) is 26.3 Å². The molecule has 6 nitrogen and oxygen atoms in total. The molecule has 0 aliphatic carbocycles. The predicted octanol–water partition coefficient (Wildman–Crippen LogP) is 3.15. The molecule has 150 valence electrons. The summed E-state index contributed by atoms with van der Waals surface area (Å²) >= 11 is 0. The minimum Gasteiger partial charge on any atom is -0.486 e. The molecule has 29 heavy (non-hydrogen) atoms. The summed E-state index contributed by atoms with van der Waals surface area (Å²) in [6.07, 6.45) is 4.78. The number of rotatable bonds is 4. The number of pyridine rings is 1. The first-order valence-electron chi connectivity index (χ1n) is 10.3. The van der Waals surface area contributed by atoms with Crippen molar-refractivity contribution in [2.45, 2.75) is 32.2 Å². The summed E-state index contributed by atoms with van der Waals surface area (Å²) in [7, 11) is 0. The molecule has 0 amide bonds. The van der Waals surface area contributed by atoms with Crippen LogP contribution in [0.1, 0.15) is 35.7 Å². The number of aryl methyl sites for hydroxylation is 1. The normalized spacial score (nSPS) is 19.0. The molecule has 0 saturated carbocycles. The van der Waals surface area contributed by atoms with Crippen LogP contribution in [0.5, 0.6) is 11.5 Å². The van der Waals surface area contributed by atoms with Gasteiger partial charge in [0.05, 0.1) is 0 Å². The van der Waals surface area contributed by atoms with Gasteiger partial charge in [0.1, 0.15) is 18.9 Å². The standard InChI is InChI=1S/C23H25N3O3/c1-16-18(23(27)26-11-3-2-6-22(26)24-16)9-12-25-10-4-5-19(25)17-7-8-20-21(15-17)29-14-13-28-20/h2-3,6-8,11,15,19H,4-5,9-10,12-14H2,1H3. The van der Waals surface area contributed by atoms with E-state index in [2.05, 4.69) is 22.0 Å². The molecule has 4 heterocycles. The predicted molar refractivity (Wildman–Crippen MR) is 111 cm³/mol. The molecule has 2 aliphatic heterocycles. The number of fused-ring (bicyclic) bond motifs is 2. The molecule has 0 N–H and O–H groups in total. The zero-order valence-corrected chi connectivity index (χ0v) is 16.6. The number of hydrogen-bond donors (Lipinski definition) is 0. The second-order valence-electron chi connectivity index (χ2n) is 7.76. The van der Waals surface area contributed by atoms with E-state index in [-0.39, 0.29) is 5.56 Å². The number of benzene rings is 1. The molecule has 1 atom stereocenters. The summed E-state index contributed by atoms with van der Waals surface area (Å²) in [4.78, 5) is 20.0. The molecule has 0 bridgehead atoms. The summed E-state index contributed by atoms with van der Waals surface area (Å²) in [5.74, 6) is 1.67. The Labute approximate surface area is 169 Å². The van der Waals surface area contributed by atoms with Crippen molar-refractivity contribution in [3.05, 3.63) is 69.8 Å². The van der Waals surface area contributed by atoms with Gasteiger partial charge in [0.2, 0.25) is 0 Å². The molecule has 1 saturated heterocycles. The van der Waals surface area contributed by atoms with Gasteiger partial charge < -0.3 is 9.47 Å². The first kappa shape index (κ1) is 18.2. The summed E-state index contributed by atoms with van der Waals surface area (Å²) in [6, 6.07) is 12.3. The molecule has 5 rings (SSSR count). The van der Waals surface area contributed by atoms with E-state index in [1.54, 1.807) is 10.6 Å². The first-order chi connectivity index (χ1) is 14.2. The lowest BCUT2D eigenvalue weighted by atomic mass is 10.0. The lowest BCUT2D eigenvalue weighted by molar-refractivity contribution is 0.170. The smallest absolute Gasteiger partial charge is 0.261 e. The van der Waals surface area contributed by atoms with E-state index in [4.69, 9.17) is 9.47 Å². The van der Waals surface area contributed by atoms with Crippen LogP contribution in [0.25, 0.3) is 5.65 Å². The fourth-order valence-corrected chi connectivity index (χ4v) is 4.52. The van der Waals surface area contributed by atoms with Gasteiger partial charge in [0.25, 0.3) is 5.56 Å². The fourth-order valence-electron chi connectivity index (χ4n) is 4.52. The Kier molecular flexibility index (Phi) is 4.72. The third kappa shape index (κ3) is 3.38. The van der Waals surface area contributed by atoms with Crippen LogP contribution in [0.3, 0.4) is 0 Å². The van der Waals surface area contributed by atoms with Gasteiger partial charge >= 0.3 is 0 Å². The maximum atomic E-state index is 12.9. The van der Waals surface area contributed by atoms with Crippen LogP contribution in [-0.4, -0.2) is 40.6 Å². The summed E-state index contributed by atoms with van der Waals surface area (Å²) < 4.78 is 13.1. The van der Waals surface area contributed by atoms with E-state index in [9.17, 15) is 4.79 Å². The topological polar surface area (TPSA) is 56.1 Å². The molecule has 1 unspecified atom stereocenters. The highest BCUT2D eigenvalue weighted by atomic mass is 16.6. The summed E-state index contributed by atoms with van der Waals surface area (Å²) in [5, 5.41) is 0. The van der Waals surface area contributed by atoms with E-state index in [1.165, 1.54) is 5.56 Å². The number of ether oxygens (including phenoxy) is 2. The Morgan fingerprint density at radius 1 is 1.14 bits per heavy atom. The van der Waals surface area contributed by atoms with Crippen LogP contribution in [0.2, 0.25) is 0 Å². The van der Waals surface area contributed by atoms with Crippen LogP contribution in [0.15, 0.2) is 47.4 Å². The fraction of sp³-hybridized carbons (Fsp3) is 0.391. The quantitative estimate of drug-likeness (QED) is 0.684. The second kappa shape index (κ2) is 7.52. The SMILES string of the molecule is Cc1nc2ccccn2c(=O)c1CCN1CCCC1c1ccc2c(c1)OCCO2. The zero-order chi connectivity index (χ0) is 19.8. The minimum absolute atomic E-state index is 0.0446. The maximum Gasteiger partial charge on any atom is 0.261 e. The largest absolute Gasteiger partial charge is 0.486 e. The minimum atomic E-state index is 0.0446. The Morgan fingerprint density at radius 2 is 2.00 bits per heavy atom. The van der Waals surface area contributed by atoms with E-state index >= 15 is 0 Å². The van der Waals surface area contributed by atoms with Gasteiger partial charge in [-0.05, 0) is 62.6 Å². The molecule has 2 aromatic heterocycles. The Hall–Kier alpha value is -2.86. The van der Waals surface area contributed by atoms with Crippen LogP contribution >= 0.6 is 0 Å². The van der Waals surface area contributed by atoms with Gasteiger partial charge in [-0.25, -0.2) is 4.98 Å². The monoisotopic (exact) mass is 391 g/mol. The van der Waals surface area contributed by atoms with E-state index in [1.807, 2.05) is 31.2 Å². The van der Waals surface area contributed by atoms with Crippen LogP contribution in [-0.2, 0) is 6.42 Å². The van der Waals surface area contributed by atoms with Crippen molar-refractivity contribution in [1.29, 1.82) is 0 Å². The van der Waals surface area contributed by atoms with Gasteiger partial charge in [0.15, 0.2) is 11.5 Å².